The predicted molar refractivity (Wildman–Crippen MR) is 73.0 cm³/mol. The maximum Gasteiger partial charge on any atom is 0.162 e. The van der Waals surface area contributed by atoms with Gasteiger partial charge in [0.25, 0.3) is 0 Å². The number of benzene rings is 1. The summed E-state index contributed by atoms with van der Waals surface area (Å²) in [5, 5.41) is 16.3. The molecule has 0 spiro atoms. The Morgan fingerprint density at radius 3 is 2.79 bits per heavy atom. The molecule has 1 aliphatic rings. The Balaban J connectivity index is 1.93. The SMILES string of the molecule is Clc1ccc(C([C@H]2CCCNC2)n2ncnn2)cc1. The van der Waals surface area contributed by atoms with Crippen molar-refractivity contribution in [1.82, 2.24) is 25.5 Å². The van der Waals surface area contributed by atoms with Crippen molar-refractivity contribution in [2.24, 2.45) is 5.92 Å². The molecule has 2 heterocycles. The van der Waals surface area contributed by atoms with Gasteiger partial charge in [0, 0.05) is 11.6 Å². The van der Waals surface area contributed by atoms with Crippen LogP contribution in [-0.2, 0) is 0 Å². The lowest BCUT2D eigenvalue weighted by Gasteiger charge is -2.30. The number of nitrogens with zero attached hydrogens (tertiary/aromatic N) is 4. The van der Waals surface area contributed by atoms with Crippen molar-refractivity contribution >= 4 is 11.6 Å². The molecule has 1 fully saturated rings. The van der Waals surface area contributed by atoms with Crippen molar-refractivity contribution in [3.8, 4) is 0 Å². The third kappa shape index (κ3) is 2.77. The highest BCUT2D eigenvalue weighted by Crippen LogP contribution is 2.30. The molecular weight excluding hydrogens is 262 g/mol. The largest absolute Gasteiger partial charge is 0.316 e. The molecule has 6 heteroatoms. The van der Waals surface area contributed by atoms with E-state index >= 15 is 0 Å². The van der Waals surface area contributed by atoms with E-state index in [9.17, 15) is 0 Å². The molecule has 19 heavy (non-hydrogen) atoms. The lowest BCUT2D eigenvalue weighted by Crippen LogP contribution is -2.36. The van der Waals surface area contributed by atoms with Gasteiger partial charge in [0.1, 0.15) is 6.04 Å². The van der Waals surface area contributed by atoms with E-state index in [-0.39, 0.29) is 6.04 Å². The summed E-state index contributed by atoms with van der Waals surface area (Å²) < 4.78 is 0. The fourth-order valence-electron chi connectivity index (χ4n) is 2.70. The highest BCUT2D eigenvalue weighted by Gasteiger charge is 2.28. The van der Waals surface area contributed by atoms with Crippen LogP contribution in [0, 0.1) is 5.92 Å². The van der Waals surface area contributed by atoms with Crippen molar-refractivity contribution in [3.63, 3.8) is 0 Å². The molecule has 0 saturated carbocycles. The minimum atomic E-state index is 0.118. The molecule has 1 N–H and O–H groups in total. The van der Waals surface area contributed by atoms with E-state index in [0.29, 0.717) is 5.92 Å². The molecular formula is C13H16ClN5. The second-order valence-electron chi connectivity index (χ2n) is 4.86. The van der Waals surface area contributed by atoms with Crippen molar-refractivity contribution in [3.05, 3.63) is 41.2 Å². The zero-order valence-electron chi connectivity index (χ0n) is 10.5. The average Bonchev–Trinajstić information content (AvgIpc) is 2.96. The molecule has 0 aliphatic carbocycles. The van der Waals surface area contributed by atoms with E-state index in [4.69, 9.17) is 11.6 Å². The van der Waals surface area contributed by atoms with Gasteiger partial charge in [0.2, 0.25) is 0 Å². The fourth-order valence-corrected chi connectivity index (χ4v) is 2.83. The van der Waals surface area contributed by atoms with Gasteiger partial charge in [-0.05, 0) is 48.2 Å². The molecule has 1 aromatic heterocycles. The van der Waals surface area contributed by atoms with Crippen LogP contribution in [0.15, 0.2) is 30.6 Å². The van der Waals surface area contributed by atoms with E-state index in [1.807, 2.05) is 24.3 Å². The molecule has 1 aliphatic heterocycles. The zero-order valence-corrected chi connectivity index (χ0v) is 11.3. The number of nitrogens with one attached hydrogen (secondary N) is 1. The molecule has 0 amide bonds. The quantitative estimate of drug-likeness (QED) is 0.931. The van der Waals surface area contributed by atoms with E-state index in [1.165, 1.54) is 24.7 Å². The van der Waals surface area contributed by atoms with Crippen LogP contribution >= 0.6 is 11.6 Å². The van der Waals surface area contributed by atoms with Gasteiger partial charge >= 0.3 is 0 Å². The first-order valence-electron chi connectivity index (χ1n) is 6.53. The number of piperidine rings is 1. The number of hydrogen-bond donors (Lipinski definition) is 1. The molecule has 2 aromatic rings. The van der Waals surface area contributed by atoms with Crippen LogP contribution < -0.4 is 5.32 Å². The summed E-state index contributed by atoms with van der Waals surface area (Å²) in [4.78, 5) is 1.71. The Hall–Kier alpha value is -1.46. The molecule has 100 valence electrons. The Morgan fingerprint density at radius 2 is 2.16 bits per heavy atom. The van der Waals surface area contributed by atoms with Crippen LogP contribution in [0.2, 0.25) is 5.02 Å². The smallest absolute Gasteiger partial charge is 0.162 e. The molecule has 5 nitrogen and oxygen atoms in total. The second kappa shape index (κ2) is 5.67. The minimum Gasteiger partial charge on any atom is -0.316 e. The Labute approximate surface area is 117 Å². The first-order valence-corrected chi connectivity index (χ1v) is 6.91. The topological polar surface area (TPSA) is 55.6 Å². The first kappa shape index (κ1) is 12.6. The van der Waals surface area contributed by atoms with Gasteiger partial charge in [-0.2, -0.15) is 4.80 Å². The lowest BCUT2D eigenvalue weighted by molar-refractivity contribution is 0.261. The number of rotatable bonds is 3. The third-order valence-electron chi connectivity index (χ3n) is 3.61. The average molecular weight is 278 g/mol. The minimum absolute atomic E-state index is 0.118. The van der Waals surface area contributed by atoms with Crippen molar-refractivity contribution in [2.75, 3.05) is 13.1 Å². The molecule has 3 rings (SSSR count). The standard InChI is InChI=1S/C13H16ClN5/c14-12-5-3-10(4-6-12)13(19-17-9-16-18-19)11-2-1-7-15-8-11/h3-6,9,11,13,15H,1-2,7-8H2/t11-,13?/m0/s1. The summed E-state index contributed by atoms with van der Waals surface area (Å²) in [5.74, 6) is 0.476. The van der Waals surface area contributed by atoms with Gasteiger partial charge in [0.05, 0.1) is 0 Å². The van der Waals surface area contributed by atoms with E-state index in [1.54, 1.807) is 4.80 Å². The highest BCUT2D eigenvalue weighted by molar-refractivity contribution is 6.30. The lowest BCUT2D eigenvalue weighted by atomic mass is 9.87. The van der Waals surface area contributed by atoms with E-state index in [2.05, 4.69) is 20.7 Å². The molecule has 2 atom stereocenters. The van der Waals surface area contributed by atoms with Gasteiger partial charge in [-0.1, -0.05) is 23.7 Å². The summed E-state index contributed by atoms with van der Waals surface area (Å²) in [6.45, 7) is 2.07. The van der Waals surface area contributed by atoms with Gasteiger partial charge in [-0.25, -0.2) is 0 Å². The highest BCUT2D eigenvalue weighted by atomic mass is 35.5. The first-order chi connectivity index (χ1) is 9.34. The van der Waals surface area contributed by atoms with Crippen LogP contribution in [0.4, 0.5) is 0 Å². The molecule has 0 bridgehead atoms. The third-order valence-corrected chi connectivity index (χ3v) is 3.86. The van der Waals surface area contributed by atoms with E-state index < -0.39 is 0 Å². The summed E-state index contributed by atoms with van der Waals surface area (Å²) >= 11 is 5.96. The number of halogens is 1. The Kier molecular flexibility index (Phi) is 3.75. The van der Waals surface area contributed by atoms with Crippen LogP contribution in [0.25, 0.3) is 0 Å². The monoisotopic (exact) mass is 277 g/mol. The molecule has 1 unspecified atom stereocenters. The van der Waals surface area contributed by atoms with Gasteiger partial charge in [-0.15, -0.1) is 10.2 Å². The van der Waals surface area contributed by atoms with Gasteiger partial charge in [0.15, 0.2) is 6.33 Å². The Bertz CT molecular complexity index is 504. The fraction of sp³-hybridized carbons (Fsp3) is 0.462. The number of aromatic nitrogens is 4. The summed E-state index contributed by atoms with van der Waals surface area (Å²) in [5.41, 5.74) is 1.18. The Morgan fingerprint density at radius 1 is 1.32 bits per heavy atom. The zero-order chi connectivity index (χ0) is 13.1. The maximum absolute atomic E-state index is 5.96. The predicted octanol–water partition coefficient (Wildman–Crippen LogP) is 1.92. The number of hydrogen-bond acceptors (Lipinski definition) is 4. The van der Waals surface area contributed by atoms with E-state index in [0.717, 1.165) is 18.1 Å². The summed E-state index contributed by atoms with van der Waals surface area (Å²) in [6.07, 6.45) is 3.84. The van der Waals surface area contributed by atoms with Crippen molar-refractivity contribution < 1.29 is 0 Å². The molecule has 0 radical (unpaired) electrons. The second-order valence-corrected chi connectivity index (χ2v) is 5.30. The van der Waals surface area contributed by atoms with Gasteiger partial charge < -0.3 is 5.32 Å². The summed E-state index contributed by atoms with van der Waals surface area (Å²) in [6, 6.07) is 8.04. The van der Waals surface area contributed by atoms with Crippen LogP contribution in [-0.4, -0.2) is 33.3 Å². The summed E-state index contributed by atoms with van der Waals surface area (Å²) in [7, 11) is 0. The van der Waals surface area contributed by atoms with Crippen molar-refractivity contribution in [2.45, 2.75) is 18.9 Å². The maximum atomic E-state index is 5.96. The van der Waals surface area contributed by atoms with Gasteiger partial charge in [-0.3, -0.25) is 0 Å². The molecule has 1 aromatic carbocycles. The van der Waals surface area contributed by atoms with Crippen LogP contribution in [0.5, 0.6) is 0 Å². The number of tetrazole rings is 1. The van der Waals surface area contributed by atoms with Crippen molar-refractivity contribution in [1.29, 1.82) is 0 Å². The normalized spacial score (nSPS) is 21.2. The molecule has 1 saturated heterocycles. The van der Waals surface area contributed by atoms with Crippen LogP contribution in [0.3, 0.4) is 0 Å². The van der Waals surface area contributed by atoms with Crippen LogP contribution in [0.1, 0.15) is 24.4 Å².